The Kier molecular flexibility index (Phi) is 4.12. The van der Waals surface area contributed by atoms with Crippen LogP contribution in [0.25, 0.3) is 11.1 Å². The molecule has 1 aromatic heterocycles. The van der Waals surface area contributed by atoms with E-state index in [1.54, 1.807) is 6.07 Å². The highest BCUT2D eigenvalue weighted by atomic mass is 16.5. The van der Waals surface area contributed by atoms with Crippen molar-refractivity contribution in [2.45, 2.75) is 6.42 Å². The average Bonchev–Trinajstić information content (AvgIpc) is 2.83. The van der Waals surface area contributed by atoms with Gasteiger partial charge < -0.3 is 20.2 Å². The van der Waals surface area contributed by atoms with Crippen LogP contribution in [0.2, 0.25) is 0 Å². The third kappa shape index (κ3) is 3.37. The van der Waals surface area contributed by atoms with Gasteiger partial charge in [-0.3, -0.25) is 9.88 Å². The quantitative estimate of drug-likeness (QED) is 0.558. The van der Waals surface area contributed by atoms with Crippen LogP contribution in [0.1, 0.15) is 6.42 Å². The minimum Gasteiger partial charge on any atom is -0.408 e. The summed E-state index contributed by atoms with van der Waals surface area (Å²) >= 11 is 0. The average molecular weight is 292 g/mol. The second-order valence-electron chi connectivity index (χ2n) is 5.18. The summed E-state index contributed by atoms with van der Waals surface area (Å²) in [6.45, 7) is 5.53. The van der Waals surface area contributed by atoms with Gasteiger partial charge in [-0.1, -0.05) is 0 Å². The minimum atomic E-state index is -0.464. The van der Waals surface area contributed by atoms with Crippen molar-refractivity contribution < 1.29 is 9.15 Å². The molecule has 1 saturated heterocycles. The van der Waals surface area contributed by atoms with Gasteiger partial charge in [-0.15, -0.1) is 0 Å². The highest BCUT2D eigenvalue weighted by molar-refractivity contribution is 5.85. The topological polar surface area (TPSA) is 96.5 Å². The lowest BCUT2D eigenvalue weighted by Crippen LogP contribution is -2.37. The predicted octanol–water partition coefficient (Wildman–Crippen LogP) is 0.837. The lowest BCUT2D eigenvalue weighted by Gasteiger charge is -2.26. The molecule has 0 aliphatic carbocycles. The standard InChI is InChI=1S/C14H20N4O3/c15-10-8-13-12(17-14(19)21-13)9-11(10)16-2-1-3-18-4-6-20-7-5-18/h8-9,16H,1-7,15H2,(H,17,19). The van der Waals surface area contributed by atoms with Gasteiger partial charge in [0.25, 0.3) is 0 Å². The summed E-state index contributed by atoms with van der Waals surface area (Å²) in [7, 11) is 0. The first-order chi connectivity index (χ1) is 10.2. The van der Waals surface area contributed by atoms with Crippen LogP contribution in [0.15, 0.2) is 21.3 Å². The van der Waals surface area contributed by atoms with E-state index in [0.717, 1.165) is 51.5 Å². The first-order valence-corrected chi connectivity index (χ1v) is 7.19. The predicted molar refractivity (Wildman–Crippen MR) is 81.6 cm³/mol. The van der Waals surface area contributed by atoms with Crippen LogP contribution in [0.4, 0.5) is 11.4 Å². The number of hydrogen-bond acceptors (Lipinski definition) is 6. The Morgan fingerprint density at radius 2 is 2.14 bits per heavy atom. The largest absolute Gasteiger partial charge is 0.417 e. The van der Waals surface area contributed by atoms with E-state index >= 15 is 0 Å². The second kappa shape index (κ2) is 6.19. The molecule has 1 aliphatic heterocycles. The molecule has 0 amide bonds. The van der Waals surface area contributed by atoms with Crippen molar-refractivity contribution in [2.75, 3.05) is 50.4 Å². The summed E-state index contributed by atoms with van der Waals surface area (Å²) < 4.78 is 10.3. The molecule has 0 unspecified atom stereocenters. The molecule has 0 saturated carbocycles. The van der Waals surface area contributed by atoms with Gasteiger partial charge in [0.15, 0.2) is 5.58 Å². The number of rotatable bonds is 5. The van der Waals surface area contributed by atoms with Gasteiger partial charge in [-0.2, -0.15) is 0 Å². The number of nitrogen functional groups attached to an aromatic ring is 1. The number of hydrogen-bond donors (Lipinski definition) is 3. The Balaban J connectivity index is 1.54. The molecule has 0 bridgehead atoms. The minimum absolute atomic E-state index is 0.464. The third-order valence-electron chi connectivity index (χ3n) is 3.66. The number of nitrogens with zero attached hydrogens (tertiary/aromatic N) is 1. The molecular formula is C14H20N4O3. The molecule has 4 N–H and O–H groups in total. The van der Waals surface area contributed by atoms with Crippen LogP contribution >= 0.6 is 0 Å². The summed E-state index contributed by atoms with van der Waals surface area (Å²) in [6.07, 6.45) is 1.03. The molecule has 1 aromatic carbocycles. The Morgan fingerprint density at radius 3 is 2.95 bits per heavy atom. The lowest BCUT2D eigenvalue weighted by atomic mass is 10.2. The van der Waals surface area contributed by atoms with E-state index in [9.17, 15) is 4.79 Å². The number of aromatic nitrogens is 1. The van der Waals surface area contributed by atoms with Crippen LogP contribution in [0, 0.1) is 0 Å². The second-order valence-corrected chi connectivity index (χ2v) is 5.18. The molecule has 0 radical (unpaired) electrons. The van der Waals surface area contributed by atoms with E-state index in [4.69, 9.17) is 14.9 Å². The van der Waals surface area contributed by atoms with E-state index in [1.165, 1.54) is 0 Å². The van der Waals surface area contributed by atoms with Crippen molar-refractivity contribution in [2.24, 2.45) is 0 Å². The van der Waals surface area contributed by atoms with Crippen molar-refractivity contribution in [3.05, 3.63) is 22.7 Å². The van der Waals surface area contributed by atoms with E-state index in [-0.39, 0.29) is 0 Å². The normalized spacial score (nSPS) is 16.4. The molecular weight excluding hydrogens is 272 g/mol. The number of fused-ring (bicyclic) bond motifs is 1. The van der Waals surface area contributed by atoms with E-state index in [2.05, 4.69) is 15.2 Å². The van der Waals surface area contributed by atoms with Crippen LogP contribution in [-0.4, -0.2) is 49.3 Å². The molecule has 7 nitrogen and oxygen atoms in total. The fraction of sp³-hybridized carbons (Fsp3) is 0.500. The Morgan fingerprint density at radius 1 is 1.33 bits per heavy atom. The molecule has 2 heterocycles. The number of nitrogens with one attached hydrogen (secondary N) is 2. The maximum atomic E-state index is 11.1. The van der Waals surface area contributed by atoms with Gasteiger partial charge in [0.2, 0.25) is 0 Å². The Labute approximate surface area is 122 Å². The van der Waals surface area contributed by atoms with Crippen molar-refractivity contribution >= 4 is 22.5 Å². The number of oxazole rings is 1. The highest BCUT2D eigenvalue weighted by Gasteiger charge is 2.10. The number of aromatic amines is 1. The van der Waals surface area contributed by atoms with Crippen molar-refractivity contribution in [3.8, 4) is 0 Å². The smallest absolute Gasteiger partial charge is 0.408 e. The molecule has 2 aromatic rings. The van der Waals surface area contributed by atoms with Gasteiger partial charge in [-0.25, -0.2) is 4.79 Å². The summed E-state index contributed by atoms with van der Waals surface area (Å²) in [4.78, 5) is 16.2. The number of H-pyrrole nitrogens is 1. The van der Waals surface area contributed by atoms with Crippen LogP contribution in [0.5, 0.6) is 0 Å². The van der Waals surface area contributed by atoms with Crippen molar-refractivity contribution in [1.82, 2.24) is 9.88 Å². The number of ether oxygens (including phenoxy) is 1. The number of morpholine rings is 1. The SMILES string of the molecule is Nc1cc2oc(=O)[nH]c2cc1NCCCN1CCOCC1. The molecule has 0 spiro atoms. The Hall–Kier alpha value is -1.99. The molecule has 114 valence electrons. The van der Waals surface area contributed by atoms with Crippen molar-refractivity contribution in [3.63, 3.8) is 0 Å². The van der Waals surface area contributed by atoms with Crippen molar-refractivity contribution in [1.29, 1.82) is 0 Å². The summed E-state index contributed by atoms with van der Waals surface area (Å²) in [5, 5.41) is 3.31. The van der Waals surface area contributed by atoms with E-state index in [0.29, 0.717) is 16.8 Å². The Bertz CT molecular complexity index is 658. The highest BCUT2D eigenvalue weighted by Crippen LogP contribution is 2.24. The van der Waals surface area contributed by atoms with Gasteiger partial charge >= 0.3 is 5.76 Å². The zero-order chi connectivity index (χ0) is 14.7. The van der Waals surface area contributed by atoms with Gasteiger partial charge in [0.1, 0.15) is 0 Å². The van der Waals surface area contributed by atoms with Crippen LogP contribution in [-0.2, 0) is 4.74 Å². The fourth-order valence-corrected chi connectivity index (χ4v) is 2.52. The van der Waals surface area contributed by atoms with Gasteiger partial charge in [0.05, 0.1) is 30.1 Å². The summed E-state index contributed by atoms with van der Waals surface area (Å²) in [6, 6.07) is 3.47. The van der Waals surface area contributed by atoms with E-state index < -0.39 is 5.76 Å². The number of anilines is 2. The number of benzene rings is 1. The fourth-order valence-electron chi connectivity index (χ4n) is 2.52. The molecule has 3 rings (SSSR count). The first kappa shape index (κ1) is 14.0. The van der Waals surface area contributed by atoms with Gasteiger partial charge in [0, 0.05) is 25.7 Å². The summed E-state index contributed by atoms with van der Waals surface area (Å²) in [5.74, 6) is -0.464. The van der Waals surface area contributed by atoms with Crippen LogP contribution in [0.3, 0.4) is 0 Å². The molecule has 7 heteroatoms. The molecule has 1 fully saturated rings. The number of nitrogens with two attached hydrogens (primary N) is 1. The maximum Gasteiger partial charge on any atom is 0.417 e. The molecule has 1 aliphatic rings. The van der Waals surface area contributed by atoms with E-state index in [1.807, 2.05) is 6.07 Å². The molecule has 21 heavy (non-hydrogen) atoms. The first-order valence-electron chi connectivity index (χ1n) is 7.19. The maximum absolute atomic E-state index is 11.1. The van der Waals surface area contributed by atoms with Crippen LogP contribution < -0.4 is 16.8 Å². The molecule has 0 atom stereocenters. The zero-order valence-corrected chi connectivity index (χ0v) is 11.9. The monoisotopic (exact) mass is 292 g/mol. The zero-order valence-electron chi connectivity index (χ0n) is 11.9. The summed E-state index contributed by atoms with van der Waals surface area (Å²) in [5.41, 5.74) is 8.50. The lowest BCUT2D eigenvalue weighted by molar-refractivity contribution is 0.0378. The van der Waals surface area contributed by atoms with Gasteiger partial charge in [-0.05, 0) is 19.0 Å². The third-order valence-corrected chi connectivity index (χ3v) is 3.66.